The topological polar surface area (TPSA) is 59.8 Å². The van der Waals surface area contributed by atoms with Crippen molar-refractivity contribution in [2.24, 2.45) is 7.05 Å². The van der Waals surface area contributed by atoms with E-state index in [0.29, 0.717) is 17.4 Å². The third kappa shape index (κ3) is 2.43. The minimum atomic E-state index is -0.192. The molecule has 0 spiro atoms. The Morgan fingerprint density at radius 1 is 1.50 bits per heavy atom. The summed E-state index contributed by atoms with van der Waals surface area (Å²) in [7, 11) is 1.92. The summed E-state index contributed by atoms with van der Waals surface area (Å²) in [5.74, 6) is 1.02. The molecule has 3 rings (SSSR count). The second kappa shape index (κ2) is 5.07. The molecule has 1 N–H and O–H groups in total. The zero-order valence-electron chi connectivity index (χ0n) is 11.8. The summed E-state index contributed by atoms with van der Waals surface area (Å²) >= 11 is 0. The van der Waals surface area contributed by atoms with Crippen LogP contribution in [0.1, 0.15) is 47.4 Å². The minimum absolute atomic E-state index is 0.192. The molecule has 104 valence electrons. The van der Waals surface area contributed by atoms with Gasteiger partial charge in [0, 0.05) is 30.9 Å². The SMILES string of the molecule is CCc1cccnc1C(=O)Nc1cc(C2CC2)n(C)n1. The smallest absolute Gasteiger partial charge is 0.275 e. The first kappa shape index (κ1) is 12.8. The van der Waals surface area contributed by atoms with E-state index in [2.05, 4.69) is 15.4 Å². The number of hydrogen-bond donors (Lipinski definition) is 1. The predicted molar refractivity (Wildman–Crippen MR) is 76.8 cm³/mol. The zero-order valence-corrected chi connectivity index (χ0v) is 11.8. The van der Waals surface area contributed by atoms with Crippen LogP contribution >= 0.6 is 0 Å². The Morgan fingerprint density at radius 2 is 2.30 bits per heavy atom. The van der Waals surface area contributed by atoms with Crippen LogP contribution in [0.15, 0.2) is 24.4 Å². The van der Waals surface area contributed by atoms with Gasteiger partial charge in [0.15, 0.2) is 5.82 Å². The van der Waals surface area contributed by atoms with E-state index in [1.807, 2.05) is 36.9 Å². The van der Waals surface area contributed by atoms with Gasteiger partial charge >= 0.3 is 0 Å². The minimum Gasteiger partial charge on any atom is -0.304 e. The Balaban J connectivity index is 1.80. The van der Waals surface area contributed by atoms with Crippen LogP contribution in [-0.2, 0) is 13.5 Å². The summed E-state index contributed by atoms with van der Waals surface area (Å²) in [6.07, 6.45) is 4.86. The molecule has 5 heteroatoms. The molecule has 0 atom stereocenters. The van der Waals surface area contributed by atoms with Crippen LogP contribution in [0.4, 0.5) is 5.82 Å². The molecule has 0 bridgehead atoms. The van der Waals surface area contributed by atoms with E-state index in [1.165, 1.54) is 18.5 Å². The maximum Gasteiger partial charge on any atom is 0.275 e. The third-order valence-electron chi connectivity index (χ3n) is 3.64. The molecule has 0 unspecified atom stereocenters. The molecule has 1 fully saturated rings. The molecule has 1 saturated carbocycles. The van der Waals surface area contributed by atoms with Crippen LogP contribution in [0.3, 0.4) is 0 Å². The van der Waals surface area contributed by atoms with E-state index in [0.717, 1.165) is 12.0 Å². The van der Waals surface area contributed by atoms with Crippen LogP contribution in [0, 0.1) is 0 Å². The second-order valence-electron chi connectivity index (χ2n) is 5.17. The van der Waals surface area contributed by atoms with E-state index >= 15 is 0 Å². The van der Waals surface area contributed by atoms with Crippen molar-refractivity contribution in [2.75, 3.05) is 5.32 Å². The molecular formula is C15H18N4O. The molecule has 5 nitrogen and oxygen atoms in total. The number of aromatic nitrogens is 3. The van der Waals surface area contributed by atoms with Gasteiger partial charge in [-0.1, -0.05) is 13.0 Å². The Bertz CT molecular complexity index is 643. The third-order valence-corrected chi connectivity index (χ3v) is 3.64. The number of aryl methyl sites for hydroxylation is 2. The molecule has 2 heterocycles. The molecule has 1 amide bonds. The van der Waals surface area contributed by atoms with Gasteiger partial charge < -0.3 is 5.32 Å². The van der Waals surface area contributed by atoms with Crippen LogP contribution in [0.5, 0.6) is 0 Å². The highest BCUT2D eigenvalue weighted by Crippen LogP contribution is 2.40. The van der Waals surface area contributed by atoms with Crippen molar-refractivity contribution >= 4 is 11.7 Å². The number of amides is 1. The Morgan fingerprint density at radius 3 is 3.00 bits per heavy atom. The summed E-state index contributed by atoms with van der Waals surface area (Å²) < 4.78 is 1.85. The van der Waals surface area contributed by atoms with Crippen molar-refractivity contribution in [3.8, 4) is 0 Å². The van der Waals surface area contributed by atoms with Gasteiger partial charge in [0.05, 0.1) is 0 Å². The number of nitrogens with one attached hydrogen (secondary N) is 1. The van der Waals surface area contributed by atoms with Crippen LogP contribution < -0.4 is 5.32 Å². The maximum absolute atomic E-state index is 12.3. The van der Waals surface area contributed by atoms with Gasteiger partial charge in [0.1, 0.15) is 5.69 Å². The molecule has 20 heavy (non-hydrogen) atoms. The van der Waals surface area contributed by atoms with Gasteiger partial charge in [-0.05, 0) is 30.9 Å². The summed E-state index contributed by atoms with van der Waals surface area (Å²) in [4.78, 5) is 16.5. The van der Waals surface area contributed by atoms with Gasteiger partial charge in [0.2, 0.25) is 0 Å². The molecule has 1 aliphatic rings. The normalized spacial score (nSPS) is 14.3. The highest BCUT2D eigenvalue weighted by Gasteiger charge is 2.27. The average molecular weight is 270 g/mol. The van der Waals surface area contributed by atoms with E-state index < -0.39 is 0 Å². The van der Waals surface area contributed by atoms with Gasteiger partial charge in [-0.2, -0.15) is 5.10 Å². The molecule has 0 aromatic carbocycles. The Hall–Kier alpha value is -2.17. The molecule has 2 aromatic heterocycles. The number of nitrogens with zero attached hydrogens (tertiary/aromatic N) is 3. The van der Waals surface area contributed by atoms with Gasteiger partial charge in [-0.25, -0.2) is 0 Å². The van der Waals surface area contributed by atoms with Crippen LogP contribution in [-0.4, -0.2) is 20.7 Å². The van der Waals surface area contributed by atoms with Crippen LogP contribution in [0.25, 0.3) is 0 Å². The highest BCUT2D eigenvalue weighted by atomic mass is 16.2. The number of hydrogen-bond acceptors (Lipinski definition) is 3. The zero-order chi connectivity index (χ0) is 14.1. The highest BCUT2D eigenvalue weighted by molar-refractivity contribution is 6.03. The monoisotopic (exact) mass is 270 g/mol. The van der Waals surface area contributed by atoms with E-state index in [-0.39, 0.29) is 5.91 Å². The molecule has 0 aliphatic heterocycles. The fourth-order valence-electron chi connectivity index (χ4n) is 2.41. The molecule has 1 aliphatic carbocycles. The summed E-state index contributed by atoms with van der Waals surface area (Å²) in [5.41, 5.74) is 2.62. The van der Waals surface area contributed by atoms with E-state index in [1.54, 1.807) is 6.20 Å². The first-order valence-corrected chi connectivity index (χ1v) is 6.98. The van der Waals surface area contributed by atoms with Crippen molar-refractivity contribution in [1.82, 2.24) is 14.8 Å². The lowest BCUT2D eigenvalue weighted by Crippen LogP contribution is -2.16. The quantitative estimate of drug-likeness (QED) is 0.928. The maximum atomic E-state index is 12.3. The van der Waals surface area contributed by atoms with Crippen molar-refractivity contribution < 1.29 is 4.79 Å². The fraction of sp³-hybridized carbons (Fsp3) is 0.400. The molecule has 0 radical (unpaired) electrons. The molecular weight excluding hydrogens is 252 g/mol. The summed E-state index contributed by atoms with van der Waals surface area (Å²) in [6, 6.07) is 5.74. The predicted octanol–water partition coefficient (Wildman–Crippen LogP) is 2.51. The van der Waals surface area contributed by atoms with Crippen molar-refractivity contribution in [3.63, 3.8) is 0 Å². The second-order valence-corrected chi connectivity index (χ2v) is 5.17. The number of pyridine rings is 1. The number of rotatable bonds is 4. The van der Waals surface area contributed by atoms with Gasteiger partial charge in [0.25, 0.3) is 5.91 Å². The van der Waals surface area contributed by atoms with Crippen LogP contribution in [0.2, 0.25) is 0 Å². The number of carbonyl (C=O) groups is 1. The summed E-state index contributed by atoms with van der Waals surface area (Å²) in [6.45, 7) is 2.01. The van der Waals surface area contributed by atoms with Gasteiger partial charge in [-0.15, -0.1) is 0 Å². The Labute approximate surface area is 118 Å². The lowest BCUT2D eigenvalue weighted by atomic mass is 10.1. The molecule has 2 aromatic rings. The average Bonchev–Trinajstić information content (AvgIpc) is 3.23. The van der Waals surface area contributed by atoms with Crippen molar-refractivity contribution in [2.45, 2.75) is 32.1 Å². The van der Waals surface area contributed by atoms with Crippen molar-refractivity contribution in [1.29, 1.82) is 0 Å². The van der Waals surface area contributed by atoms with Gasteiger partial charge in [-0.3, -0.25) is 14.5 Å². The number of anilines is 1. The lowest BCUT2D eigenvalue weighted by molar-refractivity contribution is 0.102. The first-order valence-electron chi connectivity index (χ1n) is 6.98. The first-order chi connectivity index (χ1) is 9.69. The number of carbonyl (C=O) groups excluding carboxylic acids is 1. The lowest BCUT2D eigenvalue weighted by Gasteiger charge is -2.05. The molecule has 0 saturated heterocycles. The largest absolute Gasteiger partial charge is 0.304 e. The fourth-order valence-corrected chi connectivity index (χ4v) is 2.41. The van der Waals surface area contributed by atoms with E-state index in [9.17, 15) is 4.79 Å². The Kier molecular flexibility index (Phi) is 3.26. The van der Waals surface area contributed by atoms with E-state index in [4.69, 9.17) is 0 Å². The standard InChI is InChI=1S/C15H18N4O/c1-3-10-5-4-8-16-14(10)15(20)17-13-9-12(11-6-7-11)19(2)18-13/h4-5,8-9,11H,3,6-7H2,1-2H3,(H,17,18,20). The van der Waals surface area contributed by atoms with Crippen molar-refractivity contribution in [3.05, 3.63) is 41.3 Å². The summed E-state index contributed by atoms with van der Waals surface area (Å²) in [5, 5.41) is 7.19.